The molecule has 0 spiro atoms. The predicted molar refractivity (Wildman–Crippen MR) is 224 cm³/mol. The topological polar surface area (TPSA) is 155 Å². The lowest BCUT2D eigenvalue weighted by Gasteiger charge is -2.33. The summed E-state index contributed by atoms with van der Waals surface area (Å²) in [4.78, 5) is 81.7. The number of unbranched alkanes of at least 4 members (excludes halogenated alkanes) is 5. The van der Waals surface area contributed by atoms with Gasteiger partial charge in [0.25, 0.3) is 17.7 Å². The molecule has 3 aliphatic rings. The summed E-state index contributed by atoms with van der Waals surface area (Å²) in [7, 11) is 3.07. The van der Waals surface area contributed by atoms with E-state index in [9.17, 15) is 33.2 Å². The average Bonchev–Trinajstić information content (AvgIpc) is 3.70. The number of benzene rings is 3. The molecule has 6 rings (SSSR count). The molecule has 0 aliphatic carbocycles. The Balaban J connectivity index is 0.886. The van der Waals surface area contributed by atoms with Crippen LogP contribution < -0.4 is 20.1 Å². The van der Waals surface area contributed by atoms with Crippen molar-refractivity contribution in [2.24, 2.45) is 0 Å². The first-order valence-electron chi connectivity index (χ1n) is 21.2. The third kappa shape index (κ3) is 10.2. The number of imide groups is 1. The van der Waals surface area contributed by atoms with Gasteiger partial charge in [0.1, 0.15) is 12.1 Å². The van der Waals surface area contributed by atoms with Crippen molar-refractivity contribution < 1.29 is 42.6 Å². The van der Waals surface area contributed by atoms with Gasteiger partial charge in [0.15, 0.2) is 11.5 Å². The number of anilines is 1. The lowest BCUT2D eigenvalue weighted by atomic mass is 9.85. The number of fused-ring (bicyclic) bond motifs is 2. The fourth-order valence-corrected chi connectivity index (χ4v) is 8.62. The highest BCUT2D eigenvalue weighted by Crippen LogP contribution is 2.38. The van der Waals surface area contributed by atoms with E-state index in [1.165, 1.54) is 22.9 Å². The minimum atomic E-state index is -0.747. The summed E-state index contributed by atoms with van der Waals surface area (Å²) in [6.45, 7) is 5.33. The number of carbonyl (C=O) groups excluding carboxylic acids is 6. The first kappa shape index (κ1) is 43.9. The van der Waals surface area contributed by atoms with E-state index in [0.29, 0.717) is 54.0 Å². The monoisotopic (exact) mass is 825 g/mol. The van der Waals surface area contributed by atoms with Gasteiger partial charge in [0, 0.05) is 32.0 Å². The Morgan fingerprint density at radius 1 is 0.883 bits per heavy atom. The molecule has 3 aromatic carbocycles. The number of amides is 5. The Labute approximate surface area is 350 Å². The maximum absolute atomic E-state index is 14.8. The summed E-state index contributed by atoms with van der Waals surface area (Å²) in [6.07, 6.45) is 8.87. The van der Waals surface area contributed by atoms with E-state index in [2.05, 4.69) is 15.5 Å². The maximum atomic E-state index is 14.8. The molecule has 1 saturated heterocycles. The van der Waals surface area contributed by atoms with Gasteiger partial charge in [-0.25, -0.2) is 4.39 Å². The molecule has 0 aromatic heterocycles. The molecule has 0 radical (unpaired) electrons. The Kier molecular flexibility index (Phi) is 15.1. The molecule has 14 heteroatoms. The van der Waals surface area contributed by atoms with Gasteiger partial charge in [0.2, 0.25) is 11.8 Å². The van der Waals surface area contributed by atoms with Gasteiger partial charge in [-0.2, -0.15) is 0 Å². The van der Waals surface area contributed by atoms with E-state index < -0.39 is 23.7 Å². The highest BCUT2D eigenvalue weighted by atomic mass is 19.1. The van der Waals surface area contributed by atoms with Crippen molar-refractivity contribution in [3.05, 3.63) is 87.7 Å². The number of nitrogens with zero attached hydrogens (tertiary/aromatic N) is 3. The Hall–Kier alpha value is -5.63. The minimum Gasteiger partial charge on any atom is -0.493 e. The van der Waals surface area contributed by atoms with Crippen LogP contribution in [-0.2, 0) is 27.5 Å². The second-order valence-corrected chi connectivity index (χ2v) is 15.7. The number of methoxy groups -OCH3 is 1. The molecule has 3 heterocycles. The van der Waals surface area contributed by atoms with Gasteiger partial charge in [-0.1, -0.05) is 37.8 Å². The number of carbonyl (C=O) groups is 6. The Morgan fingerprint density at radius 3 is 2.35 bits per heavy atom. The molecule has 13 nitrogen and oxygen atoms in total. The van der Waals surface area contributed by atoms with Crippen molar-refractivity contribution in [3.63, 3.8) is 0 Å². The Morgan fingerprint density at radius 2 is 1.63 bits per heavy atom. The van der Waals surface area contributed by atoms with Gasteiger partial charge >= 0.3 is 0 Å². The standard InChI is InChI=1S/C46H56FN5O8/c1-4-60-40-24-30(15-17-39(40)59-3)27-52-44(56)34-12-11-13-38(43(34)46(52)58)49-42(55)14-9-7-5-6-8-10-21-50-22-19-31(20-23-50)35-25-32(47)26-36-37(35)28-51(45(36)57)33(29-53)16-18-41(54)48-2/h11-13,15,17,24-26,29,31,33H,4-10,14,16,18-23,27-28H2,1-3H3,(H,48,54)(H,49,55). The van der Waals surface area contributed by atoms with E-state index in [1.807, 2.05) is 6.92 Å². The highest BCUT2D eigenvalue weighted by Gasteiger charge is 2.39. The first-order valence-corrected chi connectivity index (χ1v) is 21.2. The molecule has 2 N–H and O–H groups in total. The van der Waals surface area contributed by atoms with Gasteiger partial charge < -0.3 is 34.7 Å². The number of hydrogen-bond acceptors (Lipinski definition) is 9. The quantitative estimate of drug-likeness (QED) is 0.0685. The zero-order valence-electron chi connectivity index (χ0n) is 34.9. The molecule has 1 unspecified atom stereocenters. The Bertz CT molecular complexity index is 2080. The summed E-state index contributed by atoms with van der Waals surface area (Å²) < 4.78 is 25.8. The van der Waals surface area contributed by atoms with Crippen LogP contribution in [0.1, 0.15) is 131 Å². The van der Waals surface area contributed by atoms with Crippen molar-refractivity contribution in [3.8, 4) is 11.5 Å². The molecule has 60 heavy (non-hydrogen) atoms. The van der Waals surface area contributed by atoms with Crippen molar-refractivity contribution in [1.82, 2.24) is 20.0 Å². The molecule has 3 aliphatic heterocycles. The summed E-state index contributed by atoms with van der Waals surface area (Å²) in [5, 5.41) is 5.41. The number of ether oxygens (including phenoxy) is 2. The molecule has 320 valence electrons. The number of halogens is 1. The number of rotatable bonds is 21. The van der Waals surface area contributed by atoms with E-state index in [1.54, 1.807) is 49.6 Å². The summed E-state index contributed by atoms with van der Waals surface area (Å²) in [5.41, 5.74) is 3.49. The summed E-state index contributed by atoms with van der Waals surface area (Å²) >= 11 is 0. The highest BCUT2D eigenvalue weighted by molar-refractivity contribution is 6.24. The number of nitrogens with one attached hydrogen (secondary N) is 2. The molecule has 5 amide bonds. The zero-order valence-corrected chi connectivity index (χ0v) is 34.9. The summed E-state index contributed by atoms with van der Waals surface area (Å²) in [5.74, 6) is -0.866. The van der Waals surface area contributed by atoms with Crippen LogP contribution in [-0.4, -0.2) is 97.0 Å². The molecule has 0 saturated carbocycles. The smallest absolute Gasteiger partial charge is 0.263 e. The third-order valence-corrected chi connectivity index (χ3v) is 11.9. The van der Waals surface area contributed by atoms with E-state index in [4.69, 9.17) is 9.47 Å². The fraction of sp³-hybridized carbons (Fsp3) is 0.478. The number of hydrogen-bond donors (Lipinski definition) is 2. The van der Waals surface area contributed by atoms with Crippen LogP contribution in [0.15, 0.2) is 48.5 Å². The lowest BCUT2D eigenvalue weighted by Crippen LogP contribution is -2.37. The van der Waals surface area contributed by atoms with Crippen molar-refractivity contribution in [1.29, 1.82) is 0 Å². The number of likely N-dealkylation sites (tertiary alicyclic amines) is 1. The lowest BCUT2D eigenvalue weighted by molar-refractivity contribution is -0.121. The van der Waals surface area contributed by atoms with Gasteiger partial charge in [0.05, 0.1) is 43.1 Å². The van der Waals surface area contributed by atoms with Crippen LogP contribution in [0.3, 0.4) is 0 Å². The van der Waals surface area contributed by atoms with Gasteiger partial charge in [-0.05, 0) is 118 Å². The van der Waals surface area contributed by atoms with E-state index in [0.717, 1.165) is 75.7 Å². The second-order valence-electron chi connectivity index (χ2n) is 15.7. The van der Waals surface area contributed by atoms with Crippen LogP contribution in [0.5, 0.6) is 11.5 Å². The van der Waals surface area contributed by atoms with E-state index >= 15 is 0 Å². The molecule has 0 bridgehead atoms. The molecule has 1 fully saturated rings. The van der Waals surface area contributed by atoms with Gasteiger partial charge in [-0.3, -0.25) is 28.9 Å². The molecule has 1 atom stereocenters. The number of aldehydes is 1. The first-order chi connectivity index (χ1) is 29.1. The minimum absolute atomic E-state index is 0.0551. The zero-order chi connectivity index (χ0) is 42.8. The maximum Gasteiger partial charge on any atom is 0.263 e. The second kappa shape index (κ2) is 20.6. The normalized spacial score (nSPS) is 15.8. The van der Waals surface area contributed by atoms with Crippen molar-refractivity contribution >= 4 is 41.5 Å². The van der Waals surface area contributed by atoms with Crippen LogP contribution in [0.2, 0.25) is 0 Å². The molecule has 3 aromatic rings. The van der Waals surface area contributed by atoms with Crippen molar-refractivity contribution in [2.75, 3.05) is 45.7 Å². The van der Waals surface area contributed by atoms with Crippen LogP contribution in [0.4, 0.5) is 10.1 Å². The largest absolute Gasteiger partial charge is 0.493 e. The number of piperidine rings is 1. The predicted octanol–water partition coefficient (Wildman–Crippen LogP) is 6.63. The van der Waals surface area contributed by atoms with E-state index in [-0.39, 0.29) is 60.7 Å². The van der Waals surface area contributed by atoms with Crippen LogP contribution in [0.25, 0.3) is 0 Å². The van der Waals surface area contributed by atoms with Crippen molar-refractivity contribution in [2.45, 2.75) is 103 Å². The van der Waals surface area contributed by atoms with Gasteiger partial charge in [-0.15, -0.1) is 0 Å². The average molecular weight is 826 g/mol. The van der Waals surface area contributed by atoms with Crippen LogP contribution >= 0.6 is 0 Å². The summed E-state index contributed by atoms with van der Waals surface area (Å²) in [6, 6.07) is 12.3. The molecular weight excluding hydrogens is 770 g/mol. The molecular formula is C46H56FN5O8. The third-order valence-electron chi connectivity index (χ3n) is 11.9. The fourth-order valence-electron chi connectivity index (χ4n) is 8.62. The SMILES string of the molecule is CCOc1cc(CN2C(=O)c3cccc(NC(=O)CCCCCCCCN4CCC(c5cc(F)cc6c5CN(C(C=O)CCC(=O)NC)C6=O)CC4)c3C2=O)ccc1OC. The van der Waals surface area contributed by atoms with Crippen LogP contribution in [0, 0.1) is 5.82 Å².